The lowest BCUT2D eigenvalue weighted by atomic mass is 10.0. The molecule has 124 valence electrons. The molecular formula is C19H17Cl2NO2. The third-order valence-corrected chi connectivity index (χ3v) is 4.51. The number of carbonyl (C=O) groups is 1. The van der Waals surface area contributed by atoms with Crippen molar-refractivity contribution in [2.45, 2.75) is 19.4 Å². The summed E-state index contributed by atoms with van der Waals surface area (Å²) in [6.45, 7) is 2.68. The van der Waals surface area contributed by atoms with Crippen molar-refractivity contribution in [2.24, 2.45) is 0 Å². The van der Waals surface area contributed by atoms with Gasteiger partial charge in [0.2, 0.25) is 5.91 Å². The van der Waals surface area contributed by atoms with Gasteiger partial charge in [-0.3, -0.25) is 4.79 Å². The molecule has 1 aliphatic rings. The molecule has 0 radical (unpaired) electrons. The first kappa shape index (κ1) is 16.9. The summed E-state index contributed by atoms with van der Waals surface area (Å²) in [5, 5.41) is 4.03. The molecule has 0 fully saturated rings. The molecule has 1 unspecified atom stereocenters. The molecule has 0 saturated heterocycles. The number of hydrogen-bond acceptors (Lipinski definition) is 2. The third-order valence-electron chi connectivity index (χ3n) is 3.95. The standard InChI is InChI=1S/C19H17Cl2NO2/c1-12(14-3-6-18-15(10-14)8-9-24-18)22-19(23)7-4-13-2-5-16(20)11-17(13)21/h2-7,10-12H,8-9H2,1H3,(H,22,23). The van der Waals surface area contributed by atoms with Crippen molar-refractivity contribution in [3.8, 4) is 5.75 Å². The average Bonchev–Trinajstić information content (AvgIpc) is 3.01. The molecule has 1 N–H and O–H groups in total. The highest BCUT2D eigenvalue weighted by molar-refractivity contribution is 6.35. The van der Waals surface area contributed by atoms with Gasteiger partial charge in [-0.05, 0) is 54.0 Å². The maximum Gasteiger partial charge on any atom is 0.244 e. The second-order valence-corrected chi connectivity index (χ2v) is 6.54. The van der Waals surface area contributed by atoms with Crippen LogP contribution in [-0.2, 0) is 11.2 Å². The SMILES string of the molecule is CC(NC(=O)C=Cc1ccc(Cl)cc1Cl)c1ccc2c(c1)CCO2. The van der Waals surface area contributed by atoms with Crippen molar-refractivity contribution in [1.29, 1.82) is 0 Å². The molecule has 0 saturated carbocycles. The quantitative estimate of drug-likeness (QED) is 0.792. The molecule has 0 aromatic heterocycles. The highest BCUT2D eigenvalue weighted by atomic mass is 35.5. The van der Waals surface area contributed by atoms with Crippen LogP contribution in [0, 0.1) is 0 Å². The van der Waals surface area contributed by atoms with Gasteiger partial charge in [-0.25, -0.2) is 0 Å². The van der Waals surface area contributed by atoms with Gasteiger partial charge in [0.25, 0.3) is 0 Å². The van der Waals surface area contributed by atoms with Crippen LogP contribution in [-0.4, -0.2) is 12.5 Å². The Morgan fingerprint density at radius 3 is 2.88 bits per heavy atom. The van der Waals surface area contributed by atoms with E-state index in [0.29, 0.717) is 10.0 Å². The Kier molecular flexibility index (Phi) is 5.12. The average molecular weight is 362 g/mol. The maximum atomic E-state index is 12.1. The molecule has 0 aliphatic carbocycles. The third kappa shape index (κ3) is 3.92. The fourth-order valence-corrected chi connectivity index (χ4v) is 3.09. The van der Waals surface area contributed by atoms with Crippen LogP contribution in [0.2, 0.25) is 10.0 Å². The molecule has 3 rings (SSSR count). The van der Waals surface area contributed by atoms with Crippen LogP contribution in [0.15, 0.2) is 42.5 Å². The zero-order valence-corrected chi connectivity index (χ0v) is 14.7. The van der Waals surface area contributed by atoms with Gasteiger partial charge in [0.15, 0.2) is 0 Å². The number of rotatable bonds is 4. The number of nitrogens with one attached hydrogen (secondary N) is 1. The first-order chi connectivity index (χ1) is 11.5. The van der Waals surface area contributed by atoms with Crippen LogP contribution in [0.25, 0.3) is 6.08 Å². The van der Waals surface area contributed by atoms with E-state index in [9.17, 15) is 4.79 Å². The highest BCUT2D eigenvalue weighted by Crippen LogP contribution is 2.28. The van der Waals surface area contributed by atoms with Crippen LogP contribution in [0.5, 0.6) is 5.75 Å². The van der Waals surface area contributed by atoms with E-state index in [-0.39, 0.29) is 11.9 Å². The van der Waals surface area contributed by atoms with E-state index < -0.39 is 0 Å². The van der Waals surface area contributed by atoms with Crippen molar-refractivity contribution >= 4 is 35.2 Å². The second-order valence-electron chi connectivity index (χ2n) is 5.70. The number of carbonyl (C=O) groups excluding carboxylic acids is 1. The minimum absolute atomic E-state index is 0.0891. The van der Waals surface area contributed by atoms with E-state index in [1.807, 2.05) is 19.1 Å². The second kappa shape index (κ2) is 7.29. The Morgan fingerprint density at radius 2 is 2.08 bits per heavy atom. The smallest absolute Gasteiger partial charge is 0.244 e. The molecular weight excluding hydrogens is 345 g/mol. The lowest BCUT2D eigenvalue weighted by Crippen LogP contribution is -2.24. The highest BCUT2D eigenvalue weighted by Gasteiger charge is 2.15. The summed E-state index contributed by atoms with van der Waals surface area (Å²) >= 11 is 11.9. The lowest BCUT2D eigenvalue weighted by molar-refractivity contribution is -0.117. The Hall–Kier alpha value is -1.97. The summed E-state index contributed by atoms with van der Waals surface area (Å²) < 4.78 is 5.50. The van der Waals surface area contributed by atoms with Crippen LogP contribution in [0.3, 0.4) is 0 Å². The number of benzene rings is 2. The van der Waals surface area contributed by atoms with E-state index >= 15 is 0 Å². The van der Waals surface area contributed by atoms with Crippen LogP contribution >= 0.6 is 23.2 Å². The molecule has 1 amide bonds. The van der Waals surface area contributed by atoms with Crippen LogP contribution in [0.1, 0.15) is 29.7 Å². The normalized spacial score (nSPS) is 14.3. The Balaban J connectivity index is 1.64. The van der Waals surface area contributed by atoms with Gasteiger partial charge >= 0.3 is 0 Å². The van der Waals surface area contributed by atoms with Crippen molar-refractivity contribution in [3.63, 3.8) is 0 Å². The van der Waals surface area contributed by atoms with E-state index in [0.717, 1.165) is 29.9 Å². The fraction of sp³-hybridized carbons (Fsp3) is 0.211. The van der Waals surface area contributed by atoms with E-state index in [4.69, 9.17) is 27.9 Å². The van der Waals surface area contributed by atoms with Gasteiger partial charge in [-0.2, -0.15) is 0 Å². The van der Waals surface area contributed by atoms with Gasteiger partial charge in [0.05, 0.1) is 12.6 Å². The molecule has 0 spiro atoms. The Labute approximate surface area is 151 Å². The predicted octanol–water partition coefficient (Wildman–Crippen LogP) is 4.82. The molecule has 1 aliphatic heterocycles. The topological polar surface area (TPSA) is 38.3 Å². The summed E-state index contributed by atoms with van der Waals surface area (Å²) in [7, 11) is 0. The maximum absolute atomic E-state index is 12.1. The van der Waals surface area contributed by atoms with Crippen LogP contribution < -0.4 is 10.1 Å². The fourth-order valence-electron chi connectivity index (χ4n) is 2.62. The van der Waals surface area contributed by atoms with Crippen molar-refractivity contribution in [1.82, 2.24) is 5.32 Å². The van der Waals surface area contributed by atoms with Gasteiger partial charge in [0.1, 0.15) is 5.75 Å². The molecule has 3 nitrogen and oxygen atoms in total. The minimum Gasteiger partial charge on any atom is -0.493 e. The summed E-state index contributed by atoms with van der Waals surface area (Å²) in [6.07, 6.45) is 4.07. The molecule has 24 heavy (non-hydrogen) atoms. The van der Waals surface area contributed by atoms with Gasteiger partial charge in [-0.15, -0.1) is 0 Å². The predicted molar refractivity (Wildman–Crippen MR) is 97.7 cm³/mol. The summed E-state index contributed by atoms with van der Waals surface area (Å²) in [5.41, 5.74) is 3.00. The monoisotopic (exact) mass is 361 g/mol. The van der Waals surface area contributed by atoms with Crippen molar-refractivity contribution in [3.05, 3.63) is 69.2 Å². The van der Waals surface area contributed by atoms with Gasteiger partial charge in [-0.1, -0.05) is 35.3 Å². The first-order valence-electron chi connectivity index (χ1n) is 7.72. The number of ether oxygens (including phenoxy) is 1. The summed E-state index contributed by atoms with van der Waals surface area (Å²) in [5.74, 6) is 0.764. The summed E-state index contributed by atoms with van der Waals surface area (Å²) in [6, 6.07) is 11.1. The zero-order chi connectivity index (χ0) is 17.1. The van der Waals surface area contributed by atoms with Crippen molar-refractivity contribution < 1.29 is 9.53 Å². The Bertz CT molecular complexity index is 802. The zero-order valence-electron chi connectivity index (χ0n) is 13.2. The van der Waals surface area contributed by atoms with Crippen LogP contribution in [0.4, 0.5) is 0 Å². The van der Waals surface area contributed by atoms with E-state index in [1.165, 1.54) is 11.6 Å². The molecule has 5 heteroatoms. The molecule has 2 aromatic rings. The van der Waals surface area contributed by atoms with Crippen molar-refractivity contribution in [2.75, 3.05) is 6.61 Å². The van der Waals surface area contributed by atoms with Gasteiger partial charge < -0.3 is 10.1 Å². The number of hydrogen-bond donors (Lipinski definition) is 1. The molecule has 1 atom stereocenters. The number of amides is 1. The molecule has 1 heterocycles. The lowest BCUT2D eigenvalue weighted by Gasteiger charge is -2.14. The molecule has 2 aromatic carbocycles. The van der Waals surface area contributed by atoms with Gasteiger partial charge in [0, 0.05) is 22.5 Å². The first-order valence-corrected chi connectivity index (χ1v) is 8.48. The molecule has 0 bridgehead atoms. The summed E-state index contributed by atoms with van der Waals surface area (Å²) in [4.78, 5) is 12.1. The minimum atomic E-state index is -0.176. The largest absolute Gasteiger partial charge is 0.493 e. The number of halogens is 2. The number of fused-ring (bicyclic) bond motifs is 1. The van der Waals surface area contributed by atoms with E-state index in [1.54, 1.807) is 24.3 Å². The van der Waals surface area contributed by atoms with E-state index in [2.05, 4.69) is 11.4 Å². The Morgan fingerprint density at radius 1 is 1.25 bits per heavy atom.